The number of nitro groups is 1. The van der Waals surface area contributed by atoms with E-state index in [4.69, 9.17) is 11.6 Å². The molecule has 0 radical (unpaired) electrons. The summed E-state index contributed by atoms with van der Waals surface area (Å²) in [4.78, 5) is 26.3. The predicted molar refractivity (Wildman–Crippen MR) is 159 cm³/mol. The van der Waals surface area contributed by atoms with Crippen molar-refractivity contribution in [1.29, 1.82) is 0 Å². The van der Waals surface area contributed by atoms with Crippen LogP contribution in [0.5, 0.6) is 0 Å². The average molecular weight is 601 g/mol. The molecule has 0 unspecified atom stereocenters. The summed E-state index contributed by atoms with van der Waals surface area (Å²) in [6, 6.07) is 17.5. The molecule has 1 heterocycles. The fourth-order valence-corrected chi connectivity index (χ4v) is 7.11. The standard InChI is InChI=1S/C30H37ClN4O5S/c1-23(2)19-33(41(39,40)27-15-16-28(31)29(18-27)35(37)38)22-30(36)34(25-12-7-4-8-13-25)21-26-14-9-17-32(26)20-24-10-5-3-6-11-24/h3,5-6,9-11,14-18,23,25H,4,7-8,12-13,19-22H2,1-2H3. The van der Waals surface area contributed by atoms with Gasteiger partial charge in [0.15, 0.2) is 0 Å². The lowest BCUT2D eigenvalue weighted by atomic mass is 9.94. The average Bonchev–Trinajstić information content (AvgIpc) is 3.38. The Kier molecular flexibility index (Phi) is 10.2. The number of rotatable bonds is 12. The van der Waals surface area contributed by atoms with Gasteiger partial charge < -0.3 is 9.47 Å². The van der Waals surface area contributed by atoms with Gasteiger partial charge in [-0.2, -0.15) is 4.31 Å². The van der Waals surface area contributed by atoms with E-state index in [1.54, 1.807) is 0 Å². The largest absolute Gasteiger partial charge is 0.345 e. The van der Waals surface area contributed by atoms with Crippen LogP contribution in [0.4, 0.5) is 5.69 Å². The minimum atomic E-state index is -4.22. The summed E-state index contributed by atoms with van der Waals surface area (Å²) in [6.45, 7) is 4.50. The Morgan fingerprint density at radius 1 is 1.07 bits per heavy atom. The Bertz CT molecular complexity index is 1450. The Labute approximate surface area is 246 Å². The molecule has 9 nitrogen and oxygen atoms in total. The van der Waals surface area contributed by atoms with Gasteiger partial charge in [-0.1, -0.05) is 75.0 Å². The monoisotopic (exact) mass is 600 g/mol. The topological polar surface area (TPSA) is 106 Å². The van der Waals surface area contributed by atoms with Gasteiger partial charge in [0.1, 0.15) is 5.02 Å². The highest BCUT2D eigenvalue weighted by Gasteiger charge is 2.33. The molecular formula is C30H37ClN4O5S. The maximum absolute atomic E-state index is 14.0. The van der Waals surface area contributed by atoms with Gasteiger partial charge in [-0.15, -0.1) is 0 Å². The first kappa shape index (κ1) is 30.7. The molecule has 1 saturated carbocycles. The van der Waals surface area contributed by atoms with Crippen LogP contribution in [-0.2, 0) is 27.9 Å². The van der Waals surface area contributed by atoms with Crippen LogP contribution in [0.1, 0.15) is 57.2 Å². The molecule has 1 aromatic heterocycles. The van der Waals surface area contributed by atoms with Gasteiger partial charge in [0.05, 0.1) is 22.9 Å². The molecule has 1 aliphatic rings. The van der Waals surface area contributed by atoms with Gasteiger partial charge in [-0.3, -0.25) is 14.9 Å². The molecule has 0 bridgehead atoms. The van der Waals surface area contributed by atoms with Crippen LogP contribution in [0.3, 0.4) is 0 Å². The molecule has 4 rings (SSSR count). The second-order valence-corrected chi connectivity index (χ2v) is 13.3. The third kappa shape index (κ3) is 7.75. The van der Waals surface area contributed by atoms with E-state index in [-0.39, 0.29) is 40.9 Å². The highest BCUT2D eigenvalue weighted by Crippen LogP contribution is 2.30. The van der Waals surface area contributed by atoms with Crippen molar-refractivity contribution in [2.45, 2.75) is 70.0 Å². The van der Waals surface area contributed by atoms with E-state index in [1.165, 1.54) is 12.1 Å². The Balaban J connectivity index is 1.62. The lowest BCUT2D eigenvalue weighted by molar-refractivity contribution is -0.384. The Morgan fingerprint density at radius 2 is 1.78 bits per heavy atom. The van der Waals surface area contributed by atoms with Crippen molar-refractivity contribution in [2.75, 3.05) is 13.1 Å². The van der Waals surface area contributed by atoms with Crippen molar-refractivity contribution in [2.24, 2.45) is 5.92 Å². The number of carbonyl (C=O) groups excluding carboxylic acids is 1. The molecule has 11 heteroatoms. The van der Waals surface area contributed by atoms with E-state index < -0.39 is 20.6 Å². The van der Waals surface area contributed by atoms with Crippen LogP contribution in [0, 0.1) is 16.0 Å². The fraction of sp³-hybridized carbons (Fsp3) is 0.433. The summed E-state index contributed by atoms with van der Waals surface area (Å²) in [5.41, 5.74) is 1.62. The SMILES string of the molecule is CC(C)CN(CC(=O)N(Cc1cccn1Cc1ccccc1)C1CCCCC1)S(=O)(=O)c1ccc(Cl)c([N+](=O)[O-])c1. The third-order valence-corrected chi connectivity index (χ3v) is 9.55. The van der Waals surface area contributed by atoms with E-state index in [9.17, 15) is 23.3 Å². The number of amides is 1. The van der Waals surface area contributed by atoms with Crippen LogP contribution < -0.4 is 0 Å². The van der Waals surface area contributed by atoms with Gasteiger partial charge in [-0.05, 0) is 48.6 Å². The maximum Gasteiger partial charge on any atom is 0.289 e. The predicted octanol–water partition coefficient (Wildman–Crippen LogP) is 6.11. The van der Waals surface area contributed by atoms with E-state index in [0.717, 1.165) is 53.7 Å². The van der Waals surface area contributed by atoms with E-state index in [2.05, 4.69) is 16.7 Å². The van der Waals surface area contributed by atoms with Crippen molar-refractivity contribution in [3.05, 3.63) is 93.3 Å². The molecule has 3 aromatic rings. The Morgan fingerprint density at radius 3 is 2.44 bits per heavy atom. The second kappa shape index (κ2) is 13.6. The summed E-state index contributed by atoms with van der Waals surface area (Å²) in [5, 5.41) is 11.3. The number of halogens is 1. The van der Waals surface area contributed by atoms with Crippen LogP contribution in [0.2, 0.25) is 5.02 Å². The van der Waals surface area contributed by atoms with Crippen LogP contribution in [-0.4, -0.2) is 52.2 Å². The minimum absolute atomic E-state index is 0.0107. The molecule has 2 aromatic carbocycles. The summed E-state index contributed by atoms with van der Waals surface area (Å²) in [6.07, 6.45) is 6.88. The van der Waals surface area contributed by atoms with Gasteiger partial charge in [-0.25, -0.2) is 8.42 Å². The quantitative estimate of drug-likeness (QED) is 0.184. The summed E-state index contributed by atoms with van der Waals surface area (Å²) in [7, 11) is -4.22. The zero-order chi connectivity index (χ0) is 29.6. The lowest BCUT2D eigenvalue weighted by Gasteiger charge is -2.36. The van der Waals surface area contributed by atoms with E-state index in [1.807, 2.05) is 55.3 Å². The number of aromatic nitrogens is 1. The van der Waals surface area contributed by atoms with Gasteiger partial charge in [0.2, 0.25) is 15.9 Å². The first-order valence-electron chi connectivity index (χ1n) is 14.0. The number of benzene rings is 2. The van der Waals surface area contributed by atoms with Crippen molar-refractivity contribution in [1.82, 2.24) is 13.8 Å². The molecule has 0 atom stereocenters. The smallest absolute Gasteiger partial charge is 0.289 e. The molecule has 1 fully saturated rings. The zero-order valence-corrected chi connectivity index (χ0v) is 25.1. The first-order valence-corrected chi connectivity index (χ1v) is 15.8. The number of sulfonamides is 1. The van der Waals surface area contributed by atoms with Crippen LogP contribution in [0.25, 0.3) is 0 Å². The van der Waals surface area contributed by atoms with Gasteiger partial charge in [0, 0.05) is 37.1 Å². The fourth-order valence-electron chi connectivity index (χ4n) is 5.35. The normalized spacial score (nSPS) is 14.5. The number of nitro benzene ring substituents is 1. The summed E-state index contributed by atoms with van der Waals surface area (Å²) in [5.74, 6) is -0.358. The summed E-state index contributed by atoms with van der Waals surface area (Å²) >= 11 is 5.94. The molecule has 0 saturated heterocycles. The minimum Gasteiger partial charge on any atom is -0.345 e. The zero-order valence-electron chi connectivity index (χ0n) is 23.5. The van der Waals surface area contributed by atoms with Gasteiger partial charge in [0.25, 0.3) is 5.69 Å². The lowest BCUT2D eigenvalue weighted by Crippen LogP contribution is -2.48. The third-order valence-electron chi connectivity index (χ3n) is 7.42. The van der Waals surface area contributed by atoms with Crippen molar-refractivity contribution < 1.29 is 18.1 Å². The van der Waals surface area contributed by atoms with Gasteiger partial charge >= 0.3 is 0 Å². The first-order chi connectivity index (χ1) is 19.6. The summed E-state index contributed by atoms with van der Waals surface area (Å²) < 4.78 is 30.8. The molecule has 1 amide bonds. The molecule has 0 spiro atoms. The molecule has 220 valence electrons. The Hall–Kier alpha value is -3.21. The molecule has 41 heavy (non-hydrogen) atoms. The number of nitrogens with zero attached hydrogens (tertiary/aromatic N) is 4. The van der Waals surface area contributed by atoms with Crippen molar-refractivity contribution in [3.8, 4) is 0 Å². The number of carbonyl (C=O) groups is 1. The van der Waals surface area contributed by atoms with Crippen LogP contribution in [0.15, 0.2) is 71.8 Å². The van der Waals surface area contributed by atoms with Crippen molar-refractivity contribution >= 4 is 33.2 Å². The number of hydrogen-bond donors (Lipinski definition) is 0. The molecular weight excluding hydrogens is 564 g/mol. The molecule has 0 aliphatic heterocycles. The van der Waals surface area contributed by atoms with E-state index in [0.29, 0.717) is 13.1 Å². The number of hydrogen-bond acceptors (Lipinski definition) is 5. The maximum atomic E-state index is 14.0. The highest BCUT2D eigenvalue weighted by molar-refractivity contribution is 7.89. The highest BCUT2D eigenvalue weighted by atomic mass is 35.5. The van der Waals surface area contributed by atoms with E-state index >= 15 is 0 Å². The molecule has 1 aliphatic carbocycles. The molecule has 0 N–H and O–H groups in total. The van der Waals surface area contributed by atoms with Crippen LogP contribution >= 0.6 is 11.6 Å². The van der Waals surface area contributed by atoms with Crippen molar-refractivity contribution in [3.63, 3.8) is 0 Å². The second-order valence-electron chi connectivity index (χ2n) is 11.0.